The van der Waals surface area contributed by atoms with Crippen molar-refractivity contribution in [2.24, 2.45) is 5.73 Å². The predicted octanol–water partition coefficient (Wildman–Crippen LogP) is 3.17. The molecule has 5 heterocycles. The maximum absolute atomic E-state index is 13.5. The maximum atomic E-state index is 13.5. The number of carbonyl (C=O) groups is 2. The van der Waals surface area contributed by atoms with E-state index in [1.54, 1.807) is 4.90 Å². The Morgan fingerprint density at radius 3 is 2.64 bits per heavy atom. The van der Waals surface area contributed by atoms with Gasteiger partial charge in [-0.3, -0.25) is 24.6 Å². The summed E-state index contributed by atoms with van der Waals surface area (Å²) in [6.45, 7) is 2.15. The van der Waals surface area contributed by atoms with Crippen molar-refractivity contribution in [3.8, 4) is 11.3 Å². The Bertz CT molecular complexity index is 1500. The van der Waals surface area contributed by atoms with E-state index in [1.807, 2.05) is 65.6 Å². The summed E-state index contributed by atoms with van der Waals surface area (Å²) < 4.78 is 0. The second-order valence-electron chi connectivity index (χ2n) is 9.60. The highest BCUT2D eigenvalue weighted by molar-refractivity contribution is 6.04. The number of anilines is 1. The Balaban J connectivity index is 1.43. The molecule has 36 heavy (non-hydrogen) atoms. The number of urea groups is 1. The summed E-state index contributed by atoms with van der Waals surface area (Å²) in [6, 6.07) is 14.0. The van der Waals surface area contributed by atoms with Gasteiger partial charge in [0.15, 0.2) is 0 Å². The van der Waals surface area contributed by atoms with Gasteiger partial charge in [-0.25, -0.2) is 9.78 Å². The van der Waals surface area contributed by atoms with Gasteiger partial charge in [-0.05, 0) is 37.1 Å². The summed E-state index contributed by atoms with van der Waals surface area (Å²) in [5.41, 5.74) is 11.3. The lowest BCUT2D eigenvalue weighted by Crippen LogP contribution is -2.54. The molecule has 182 valence electrons. The topological polar surface area (TPSA) is 109 Å². The summed E-state index contributed by atoms with van der Waals surface area (Å²) in [5, 5.41) is 1.05. The van der Waals surface area contributed by atoms with Crippen molar-refractivity contribution >= 4 is 39.6 Å². The Morgan fingerprint density at radius 1 is 1.06 bits per heavy atom. The Labute approximate surface area is 208 Å². The second kappa shape index (κ2) is 8.83. The van der Waals surface area contributed by atoms with Crippen LogP contribution in [0.3, 0.4) is 0 Å². The van der Waals surface area contributed by atoms with Crippen LogP contribution in [0.5, 0.6) is 0 Å². The predicted molar refractivity (Wildman–Crippen MR) is 138 cm³/mol. The van der Waals surface area contributed by atoms with Gasteiger partial charge in [0.2, 0.25) is 5.91 Å². The molecule has 2 aliphatic heterocycles. The second-order valence-corrected chi connectivity index (χ2v) is 9.60. The molecule has 0 saturated carbocycles. The number of nitrogens with zero attached hydrogens (tertiary/aromatic N) is 6. The molecule has 2 N–H and O–H groups in total. The monoisotopic (exact) mass is 481 g/mol. The average Bonchev–Trinajstić information content (AvgIpc) is 2.89. The van der Waals surface area contributed by atoms with Crippen molar-refractivity contribution in [2.75, 3.05) is 31.6 Å². The molecule has 2 aliphatic rings. The lowest BCUT2D eigenvalue weighted by molar-refractivity contribution is -0.119. The number of pyridine rings is 3. The van der Waals surface area contributed by atoms with Crippen LogP contribution < -0.4 is 10.6 Å². The summed E-state index contributed by atoms with van der Waals surface area (Å²) in [6.07, 6.45) is 5.20. The van der Waals surface area contributed by atoms with Crippen LogP contribution in [0.25, 0.3) is 33.2 Å². The van der Waals surface area contributed by atoms with Crippen LogP contribution in [-0.2, 0) is 11.3 Å². The summed E-state index contributed by atoms with van der Waals surface area (Å²) in [7, 11) is 1.81. The fraction of sp³-hybridized carbons (Fsp3) is 0.296. The van der Waals surface area contributed by atoms with E-state index in [2.05, 4.69) is 16.0 Å². The molecule has 6 rings (SSSR count). The largest absolute Gasteiger partial charge is 0.369 e. The van der Waals surface area contributed by atoms with E-state index in [9.17, 15) is 9.59 Å². The van der Waals surface area contributed by atoms with E-state index >= 15 is 0 Å². The van der Waals surface area contributed by atoms with Crippen molar-refractivity contribution in [1.82, 2.24) is 24.8 Å². The molecule has 0 unspecified atom stereocenters. The minimum atomic E-state index is -0.329. The Hall–Kier alpha value is -4.11. The van der Waals surface area contributed by atoms with Crippen LogP contribution >= 0.6 is 0 Å². The number of fused-ring (bicyclic) bond motifs is 4. The lowest BCUT2D eigenvalue weighted by Gasteiger charge is -2.43. The number of likely N-dealkylation sites (tertiary alicyclic amines) is 1. The van der Waals surface area contributed by atoms with Crippen LogP contribution in [-0.4, -0.2) is 69.4 Å². The number of piperidine rings is 1. The summed E-state index contributed by atoms with van der Waals surface area (Å²) >= 11 is 0. The standard InChI is InChI=1S/C27H27N7O2/c1-32-15-19-14-30-23-7-6-22(18-12-17-4-2-3-5-21(17)29-13-18)31-25(23)26(19)34(27(32)36)20-8-10-33(11-9-20)16-24(28)35/h2-7,12-14,20H,8-11,15-16H2,1H3,(H2,28,35). The molecule has 4 aromatic rings. The van der Waals surface area contributed by atoms with Gasteiger partial charge in [0, 0.05) is 55.1 Å². The fourth-order valence-corrected chi connectivity index (χ4v) is 5.34. The third-order valence-corrected chi connectivity index (χ3v) is 7.13. The highest BCUT2D eigenvalue weighted by atomic mass is 16.2. The van der Waals surface area contributed by atoms with E-state index < -0.39 is 0 Å². The number of rotatable bonds is 4. The molecule has 0 radical (unpaired) electrons. The lowest BCUT2D eigenvalue weighted by atomic mass is 9.99. The highest BCUT2D eigenvalue weighted by Gasteiger charge is 2.37. The smallest absolute Gasteiger partial charge is 0.324 e. The van der Waals surface area contributed by atoms with Gasteiger partial charge in [0.25, 0.3) is 0 Å². The van der Waals surface area contributed by atoms with Crippen molar-refractivity contribution in [3.63, 3.8) is 0 Å². The van der Waals surface area contributed by atoms with Crippen LogP contribution in [0.15, 0.2) is 54.9 Å². The molecule has 3 amide bonds. The van der Waals surface area contributed by atoms with E-state index in [0.717, 1.165) is 57.3 Å². The van der Waals surface area contributed by atoms with Crippen molar-refractivity contribution in [3.05, 3.63) is 60.4 Å². The number of nitrogens with two attached hydrogens (primary N) is 1. The molecule has 9 nitrogen and oxygen atoms in total. The number of aromatic nitrogens is 3. The zero-order valence-electron chi connectivity index (χ0n) is 20.1. The molecule has 1 aromatic carbocycles. The van der Waals surface area contributed by atoms with Crippen molar-refractivity contribution in [2.45, 2.75) is 25.4 Å². The van der Waals surface area contributed by atoms with E-state index in [0.29, 0.717) is 19.6 Å². The quantitative estimate of drug-likeness (QED) is 0.480. The molecule has 1 fully saturated rings. The molecule has 0 aliphatic carbocycles. The van der Waals surface area contributed by atoms with Gasteiger partial charge in [0.1, 0.15) is 5.52 Å². The number of primary amides is 1. The van der Waals surface area contributed by atoms with Crippen LogP contribution in [0.4, 0.5) is 10.5 Å². The van der Waals surface area contributed by atoms with Crippen LogP contribution in [0.1, 0.15) is 18.4 Å². The number of amides is 3. The first-order valence-electron chi connectivity index (χ1n) is 12.2. The van der Waals surface area contributed by atoms with Gasteiger partial charge in [-0.15, -0.1) is 0 Å². The SMILES string of the molecule is CN1Cc2cnc3ccc(-c4cnc5ccccc5c4)nc3c2N(C2CCN(CC(N)=O)CC2)C1=O. The molecule has 9 heteroatoms. The number of carbonyl (C=O) groups excluding carboxylic acids is 2. The molecule has 0 bridgehead atoms. The fourth-order valence-electron chi connectivity index (χ4n) is 5.34. The van der Waals surface area contributed by atoms with Gasteiger partial charge >= 0.3 is 6.03 Å². The maximum Gasteiger partial charge on any atom is 0.324 e. The Morgan fingerprint density at radius 2 is 1.83 bits per heavy atom. The van der Waals surface area contributed by atoms with Crippen molar-refractivity contribution in [1.29, 1.82) is 0 Å². The Kier molecular flexibility index (Phi) is 5.49. The molecule has 3 aromatic heterocycles. The van der Waals surface area contributed by atoms with Gasteiger partial charge in [-0.2, -0.15) is 0 Å². The van der Waals surface area contributed by atoms with Crippen molar-refractivity contribution < 1.29 is 9.59 Å². The van der Waals surface area contributed by atoms with E-state index in [4.69, 9.17) is 10.7 Å². The number of hydrogen-bond donors (Lipinski definition) is 1. The molecule has 1 saturated heterocycles. The summed E-state index contributed by atoms with van der Waals surface area (Å²) in [4.78, 5) is 44.8. The first-order chi connectivity index (χ1) is 17.5. The minimum Gasteiger partial charge on any atom is -0.369 e. The third kappa shape index (κ3) is 3.91. The first-order valence-corrected chi connectivity index (χ1v) is 12.2. The molecular weight excluding hydrogens is 454 g/mol. The van der Waals surface area contributed by atoms with Gasteiger partial charge in [0.05, 0.1) is 35.5 Å². The van der Waals surface area contributed by atoms with Gasteiger partial charge in [-0.1, -0.05) is 18.2 Å². The van der Waals surface area contributed by atoms with Crippen LogP contribution in [0, 0.1) is 0 Å². The minimum absolute atomic E-state index is 0.00141. The number of benzene rings is 1. The average molecular weight is 482 g/mol. The molecule has 0 atom stereocenters. The zero-order chi connectivity index (χ0) is 24.8. The van der Waals surface area contributed by atoms with Gasteiger partial charge < -0.3 is 10.6 Å². The number of para-hydroxylation sites is 1. The van der Waals surface area contributed by atoms with E-state index in [-0.39, 0.29) is 24.5 Å². The molecule has 0 spiro atoms. The number of hydrogen-bond acceptors (Lipinski definition) is 6. The molecular formula is C27H27N7O2. The zero-order valence-corrected chi connectivity index (χ0v) is 20.1. The highest BCUT2D eigenvalue weighted by Crippen LogP contribution is 2.37. The third-order valence-electron chi connectivity index (χ3n) is 7.13. The van der Waals surface area contributed by atoms with E-state index in [1.165, 1.54) is 0 Å². The van der Waals surface area contributed by atoms with Crippen LogP contribution in [0.2, 0.25) is 0 Å². The summed E-state index contributed by atoms with van der Waals surface area (Å²) in [5.74, 6) is -0.329. The normalized spacial score (nSPS) is 17.1. The first kappa shape index (κ1) is 22.4.